The Labute approximate surface area is 195 Å². The minimum Gasteiger partial charge on any atom is -0.394 e. The number of hydrogen-bond donors (Lipinski definition) is 4. The minimum atomic E-state index is -1.35. The van der Waals surface area contributed by atoms with Crippen molar-refractivity contribution in [1.29, 1.82) is 0 Å². The molecule has 2 unspecified atom stereocenters. The molecule has 0 saturated carbocycles. The number of piperidine rings is 1. The molecule has 2 aromatic rings. The van der Waals surface area contributed by atoms with Crippen LogP contribution in [0.2, 0.25) is 0 Å². The summed E-state index contributed by atoms with van der Waals surface area (Å²) < 4.78 is 27.5. The number of aliphatic hydroxyl groups excluding tert-OH is 2. The summed E-state index contributed by atoms with van der Waals surface area (Å²) in [5.41, 5.74) is 13.6. The van der Waals surface area contributed by atoms with E-state index in [9.17, 15) is 23.8 Å². The van der Waals surface area contributed by atoms with Crippen molar-refractivity contribution in [3.8, 4) is 0 Å². The Bertz CT molecular complexity index is 1160. The van der Waals surface area contributed by atoms with E-state index in [1.54, 1.807) is 4.90 Å². The summed E-state index contributed by atoms with van der Waals surface area (Å²) >= 11 is 0. The number of aryl methyl sites for hydroxylation is 1. The molecule has 4 rings (SSSR count). The van der Waals surface area contributed by atoms with E-state index in [-0.39, 0.29) is 29.1 Å². The highest BCUT2D eigenvalue weighted by Gasteiger charge is 2.33. The highest BCUT2D eigenvalue weighted by atomic mass is 19.1. The third kappa shape index (κ3) is 4.59. The fourth-order valence-electron chi connectivity index (χ4n) is 4.52. The zero-order valence-electron chi connectivity index (χ0n) is 18.7. The van der Waals surface area contributed by atoms with Crippen LogP contribution in [0.4, 0.5) is 25.8 Å². The van der Waals surface area contributed by atoms with Crippen molar-refractivity contribution in [3.05, 3.63) is 64.9 Å². The van der Waals surface area contributed by atoms with Gasteiger partial charge in [-0.15, -0.1) is 0 Å². The largest absolute Gasteiger partial charge is 0.394 e. The number of primary amides is 1. The topological polar surface area (TPSA) is 128 Å². The number of anilines is 2. The Morgan fingerprint density at radius 2 is 1.76 bits per heavy atom. The van der Waals surface area contributed by atoms with Crippen LogP contribution in [0.3, 0.4) is 0 Å². The van der Waals surface area contributed by atoms with Crippen LogP contribution in [0.5, 0.6) is 0 Å². The van der Waals surface area contributed by atoms with Crippen LogP contribution in [0.15, 0.2) is 52.7 Å². The van der Waals surface area contributed by atoms with Gasteiger partial charge >= 0.3 is 0 Å². The Morgan fingerprint density at radius 1 is 1.06 bits per heavy atom. The highest BCUT2D eigenvalue weighted by molar-refractivity contribution is 6.12. The third-order valence-corrected chi connectivity index (χ3v) is 6.18. The fourth-order valence-corrected chi connectivity index (χ4v) is 4.52. The first kappa shape index (κ1) is 23.7. The molecule has 2 saturated heterocycles. The van der Waals surface area contributed by atoms with Gasteiger partial charge in [0, 0.05) is 36.1 Å². The van der Waals surface area contributed by atoms with Crippen LogP contribution in [-0.4, -0.2) is 47.4 Å². The van der Waals surface area contributed by atoms with Gasteiger partial charge in [0.05, 0.1) is 11.4 Å². The number of benzene rings is 2. The highest BCUT2D eigenvalue weighted by Crippen LogP contribution is 2.33. The maximum Gasteiger partial charge on any atom is 0.264 e. The van der Waals surface area contributed by atoms with E-state index in [4.69, 9.17) is 11.5 Å². The first-order valence-corrected chi connectivity index (χ1v) is 11.0. The van der Waals surface area contributed by atoms with Crippen LogP contribution in [0, 0.1) is 18.6 Å². The molecule has 10 heteroatoms. The van der Waals surface area contributed by atoms with Gasteiger partial charge in [-0.25, -0.2) is 13.8 Å². The maximum atomic E-state index is 13.7. The normalized spacial score (nSPS) is 23.5. The van der Waals surface area contributed by atoms with Crippen molar-refractivity contribution >= 4 is 28.7 Å². The summed E-state index contributed by atoms with van der Waals surface area (Å²) in [7, 11) is 0. The van der Waals surface area contributed by atoms with Gasteiger partial charge in [-0.05, 0) is 62.1 Å². The number of halogens is 2. The second-order valence-electron chi connectivity index (χ2n) is 8.49. The molecule has 0 radical (unpaired) electrons. The molecule has 2 heterocycles. The average molecular weight is 472 g/mol. The third-order valence-electron chi connectivity index (χ3n) is 6.18. The lowest BCUT2D eigenvalue weighted by molar-refractivity contribution is -0.114. The number of rotatable bonds is 4. The molecule has 2 atom stereocenters. The molecule has 1 amide bonds. The number of nitrogens with two attached hydrogens (primary N) is 2. The number of aliphatic imine (C=N–C) groups is 1. The second kappa shape index (κ2) is 9.40. The van der Waals surface area contributed by atoms with Crippen LogP contribution < -0.4 is 21.3 Å². The van der Waals surface area contributed by atoms with Crippen molar-refractivity contribution in [2.45, 2.75) is 38.6 Å². The summed E-state index contributed by atoms with van der Waals surface area (Å²) in [5, 5.41) is 21.4. The number of hydrogen-bond acceptors (Lipinski definition) is 7. The predicted octanol–water partition coefficient (Wildman–Crippen LogP) is 2.19. The average Bonchev–Trinajstić information content (AvgIpc) is 3.19. The van der Waals surface area contributed by atoms with Crippen molar-refractivity contribution < 1.29 is 23.8 Å². The molecular weight excluding hydrogens is 444 g/mol. The van der Waals surface area contributed by atoms with Gasteiger partial charge in [-0.3, -0.25) is 4.79 Å². The summed E-state index contributed by atoms with van der Waals surface area (Å²) in [5.74, 6) is -2.53. The number of carbonyl (C=O) groups is 1. The van der Waals surface area contributed by atoms with Crippen LogP contribution in [0.1, 0.15) is 24.8 Å². The van der Waals surface area contributed by atoms with Crippen molar-refractivity contribution in [3.63, 3.8) is 0 Å². The molecule has 2 fully saturated rings. The number of carbonyl (C=O) groups excluding carboxylic acids is 1. The quantitative estimate of drug-likeness (QED) is 0.506. The Morgan fingerprint density at radius 3 is 2.35 bits per heavy atom. The van der Waals surface area contributed by atoms with Gasteiger partial charge in [0.25, 0.3) is 5.91 Å². The Kier molecular flexibility index (Phi) is 6.54. The van der Waals surface area contributed by atoms with Crippen LogP contribution >= 0.6 is 0 Å². The molecule has 0 spiro atoms. The SMILES string of the molecule is Cc1cc(N2CCC(=C(N)C(N)=O)C(=Nc3cc(F)cc(F)c3)C2O)ccc1N1CCCC1O. The number of nitrogens with zero attached hydrogens (tertiary/aromatic N) is 3. The summed E-state index contributed by atoms with van der Waals surface area (Å²) in [6, 6.07) is 8.33. The Hall–Kier alpha value is -3.50. The first-order valence-electron chi connectivity index (χ1n) is 11.0. The van der Waals surface area contributed by atoms with Crippen molar-refractivity contribution in [2.75, 3.05) is 22.9 Å². The smallest absolute Gasteiger partial charge is 0.264 e. The van der Waals surface area contributed by atoms with E-state index in [1.807, 2.05) is 30.0 Å². The monoisotopic (exact) mass is 471 g/mol. The molecule has 2 aliphatic heterocycles. The maximum absolute atomic E-state index is 13.7. The van der Waals surface area contributed by atoms with Crippen molar-refractivity contribution in [1.82, 2.24) is 0 Å². The van der Waals surface area contributed by atoms with E-state index >= 15 is 0 Å². The zero-order valence-corrected chi connectivity index (χ0v) is 18.7. The van der Waals surface area contributed by atoms with Gasteiger partial charge in [-0.1, -0.05) is 0 Å². The van der Waals surface area contributed by atoms with Gasteiger partial charge in [0.2, 0.25) is 0 Å². The Balaban J connectivity index is 1.72. The van der Waals surface area contributed by atoms with E-state index < -0.39 is 30.0 Å². The summed E-state index contributed by atoms with van der Waals surface area (Å²) in [6.07, 6.45) is -0.0307. The lowest BCUT2D eigenvalue weighted by atomic mass is 9.96. The summed E-state index contributed by atoms with van der Waals surface area (Å²) in [4.78, 5) is 19.6. The standard InChI is InChI=1S/C24H27F2N5O3/c1-13-9-17(4-5-19(13)31-7-2-3-20(31)32)30-8-6-18(21(27)23(28)33)22(24(30)34)29-16-11-14(25)10-15(26)12-16/h4-5,9-12,20,24,32,34H,2-3,6-8,27H2,1H3,(H2,28,33). The number of aliphatic hydroxyl groups is 2. The first-order chi connectivity index (χ1) is 16.2. The summed E-state index contributed by atoms with van der Waals surface area (Å²) in [6.45, 7) is 2.97. The predicted molar refractivity (Wildman–Crippen MR) is 126 cm³/mol. The molecule has 34 heavy (non-hydrogen) atoms. The molecule has 0 aliphatic carbocycles. The lowest BCUT2D eigenvalue weighted by Crippen LogP contribution is -2.48. The molecule has 180 valence electrons. The fraction of sp³-hybridized carbons (Fsp3) is 0.333. The molecule has 0 aromatic heterocycles. The molecule has 8 nitrogen and oxygen atoms in total. The van der Waals surface area contributed by atoms with Crippen molar-refractivity contribution in [2.24, 2.45) is 16.5 Å². The molecular formula is C24H27F2N5O3. The zero-order chi connectivity index (χ0) is 24.6. The van der Waals surface area contributed by atoms with E-state index in [1.165, 1.54) is 0 Å². The van der Waals surface area contributed by atoms with Gasteiger partial charge in [-0.2, -0.15) is 0 Å². The minimum absolute atomic E-state index is 0.00996. The van der Waals surface area contributed by atoms with E-state index in [0.29, 0.717) is 24.7 Å². The molecule has 6 N–H and O–H groups in total. The second-order valence-corrected chi connectivity index (χ2v) is 8.49. The van der Waals surface area contributed by atoms with E-state index in [0.717, 1.165) is 36.3 Å². The van der Waals surface area contributed by atoms with Gasteiger partial charge in [0.1, 0.15) is 23.6 Å². The lowest BCUT2D eigenvalue weighted by Gasteiger charge is -2.37. The number of amides is 1. The molecule has 2 aliphatic rings. The van der Waals surface area contributed by atoms with Gasteiger partial charge < -0.3 is 31.5 Å². The molecule has 2 aromatic carbocycles. The van der Waals surface area contributed by atoms with Crippen LogP contribution in [0.25, 0.3) is 0 Å². The van der Waals surface area contributed by atoms with Gasteiger partial charge in [0.15, 0.2) is 6.23 Å². The van der Waals surface area contributed by atoms with E-state index in [2.05, 4.69) is 4.99 Å². The molecule has 0 bridgehead atoms. The van der Waals surface area contributed by atoms with Crippen LogP contribution in [-0.2, 0) is 4.79 Å².